The minimum Gasteiger partial charge on any atom is -0.406 e. The first-order chi connectivity index (χ1) is 10.8. The van der Waals surface area contributed by atoms with Crippen LogP contribution in [0.3, 0.4) is 0 Å². The number of hydrogen-bond acceptors (Lipinski definition) is 4. The highest BCUT2D eigenvalue weighted by molar-refractivity contribution is 5.71. The zero-order chi connectivity index (χ0) is 17.0. The van der Waals surface area contributed by atoms with Gasteiger partial charge in [-0.1, -0.05) is 6.07 Å². The predicted molar refractivity (Wildman–Crippen MR) is 77.0 cm³/mol. The second-order valence-electron chi connectivity index (χ2n) is 4.58. The average molecular weight is 317 g/mol. The maximum atomic E-state index is 12.3. The largest absolute Gasteiger partial charge is 0.573 e. The molecular formula is C16H10F3N3O. The number of rotatable bonds is 3. The number of nitrogens with zero attached hydrogens (tertiary/aromatic N) is 2. The number of alkyl halides is 3. The standard InChI is InChI=1S/C16H10F3N3O/c1-10-11(8-20)3-2-4-14(10)22-15-7-13(23-16(17,18)19)6-5-12(15)9-21/h2-7,22H,1H3. The molecule has 0 aromatic heterocycles. The van der Waals surface area contributed by atoms with E-state index in [9.17, 15) is 13.2 Å². The van der Waals surface area contributed by atoms with E-state index in [-0.39, 0.29) is 11.3 Å². The lowest BCUT2D eigenvalue weighted by atomic mass is 10.1. The third-order valence-corrected chi connectivity index (χ3v) is 3.07. The van der Waals surface area contributed by atoms with Crippen LogP contribution in [0.2, 0.25) is 0 Å². The summed E-state index contributed by atoms with van der Waals surface area (Å²) in [6.07, 6.45) is -4.82. The third-order valence-electron chi connectivity index (χ3n) is 3.07. The van der Waals surface area contributed by atoms with Gasteiger partial charge in [-0.15, -0.1) is 13.2 Å². The molecule has 2 aromatic carbocycles. The predicted octanol–water partition coefficient (Wildman–Crippen LogP) is 4.38. The highest BCUT2D eigenvalue weighted by atomic mass is 19.4. The van der Waals surface area contributed by atoms with E-state index in [0.29, 0.717) is 16.8 Å². The highest BCUT2D eigenvalue weighted by Gasteiger charge is 2.31. The molecule has 0 saturated carbocycles. The van der Waals surface area contributed by atoms with E-state index in [1.54, 1.807) is 25.1 Å². The quantitative estimate of drug-likeness (QED) is 0.912. The molecular weight excluding hydrogens is 307 g/mol. The van der Waals surface area contributed by atoms with Crippen molar-refractivity contribution < 1.29 is 17.9 Å². The highest BCUT2D eigenvalue weighted by Crippen LogP contribution is 2.30. The summed E-state index contributed by atoms with van der Waals surface area (Å²) < 4.78 is 40.8. The fourth-order valence-electron chi connectivity index (χ4n) is 1.96. The van der Waals surface area contributed by atoms with Gasteiger partial charge in [0.15, 0.2) is 0 Å². The summed E-state index contributed by atoms with van der Waals surface area (Å²) in [6.45, 7) is 1.70. The first-order valence-corrected chi connectivity index (χ1v) is 6.40. The molecule has 2 aromatic rings. The minimum atomic E-state index is -4.82. The van der Waals surface area contributed by atoms with E-state index in [1.807, 2.05) is 12.1 Å². The summed E-state index contributed by atoms with van der Waals surface area (Å²) in [4.78, 5) is 0. The summed E-state index contributed by atoms with van der Waals surface area (Å²) >= 11 is 0. The van der Waals surface area contributed by atoms with Crippen LogP contribution in [0.25, 0.3) is 0 Å². The molecule has 0 bridgehead atoms. The Morgan fingerprint density at radius 3 is 2.30 bits per heavy atom. The molecule has 4 nitrogen and oxygen atoms in total. The number of benzene rings is 2. The number of ether oxygens (including phenoxy) is 1. The van der Waals surface area contributed by atoms with Crippen LogP contribution in [-0.2, 0) is 0 Å². The monoisotopic (exact) mass is 317 g/mol. The Balaban J connectivity index is 2.41. The van der Waals surface area contributed by atoms with Gasteiger partial charge in [-0.25, -0.2) is 0 Å². The van der Waals surface area contributed by atoms with Crippen LogP contribution in [0.4, 0.5) is 24.5 Å². The van der Waals surface area contributed by atoms with Crippen molar-refractivity contribution in [1.29, 1.82) is 10.5 Å². The second-order valence-corrected chi connectivity index (χ2v) is 4.58. The van der Waals surface area contributed by atoms with Crippen molar-refractivity contribution in [3.05, 3.63) is 53.1 Å². The summed E-state index contributed by atoms with van der Waals surface area (Å²) in [7, 11) is 0. The lowest BCUT2D eigenvalue weighted by Crippen LogP contribution is -2.17. The maximum absolute atomic E-state index is 12.3. The normalized spacial score (nSPS) is 10.5. The van der Waals surface area contributed by atoms with Gasteiger partial charge >= 0.3 is 6.36 Å². The van der Waals surface area contributed by atoms with Crippen molar-refractivity contribution in [2.24, 2.45) is 0 Å². The Morgan fingerprint density at radius 2 is 1.70 bits per heavy atom. The van der Waals surface area contributed by atoms with Gasteiger partial charge in [-0.2, -0.15) is 10.5 Å². The zero-order valence-corrected chi connectivity index (χ0v) is 11.9. The van der Waals surface area contributed by atoms with Crippen LogP contribution in [0.1, 0.15) is 16.7 Å². The summed E-state index contributed by atoms with van der Waals surface area (Å²) in [5.74, 6) is -0.437. The fourth-order valence-corrected chi connectivity index (χ4v) is 1.96. The van der Waals surface area contributed by atoms with E-state index in [2.05, 4.69) is 10.1 Å². The maximum Gasteiger partial charge on any atom is 0.573 e. The minimum absolute atomic E-state index is 0.154. The molecule has 2 rings (SSSR count). The van der Waals surface area contributed by atoms with Crippen LogP contribution in [0.5, 0.6) is 5.75 Å². The first kappa shape index (κ1) is 16.2. The van der Waals surface area contributed by atoms with E-state index >= 15 is 0 Å². The molecule has 0 amide bonds. The lowest BCUT2D eigenvalue weighted by Gasteiger charge is -2.14. The molecule has 7 heteroatoms. The molecule has 0 radical (unpaired) electrons. The molecule has 0 saturated heterocycles. The van der Waals surface area contributed by atoms with Gasteiger partial charge in [0, 0.05) is 11.8 Å². The van der Waals surface area contributed by atoms with Crippen molar-refractivity contribution in [2.75, 3.05) is 5.32 Å². The van der Waals surface area contributed by atoms with Gasteiger partial charge in [-0.05, 0) is 36.8 Å². The number of nitrogens with one attached hydrogen (secondary N) is 1. The van der Waals surface area contributed by atoms with Crippen LogP contribution < -0.4 is 10.1 Å². The van der Waals surface area contributed by atoms with Gasteiger partial charge in [0.25, 0.3) is 0 Å². The van der Waals surface area contributed by atoms with Gasteiger partial charge < -0.3 is 10.1 Å². The summed E-state index contributed by atoms with van der Waals surface area (Å²) in [5.41, 5.74) is 1.88. The molecule has 1 N–H and O–H groups in total. The molecule has 0 atom stereocenters. The van der Waals surface area contributed by atoms with Gasteiger partial charge in [0.2, 0.25) is 0 Å². The number of nitriles is 2. The second kappa shape index (κ2) is 6.29. The topological polar surface area (TPSA) is 68.8 Å². The van der Waals surface area contributed by atoms with Crippen molar-refractivity contribution >= 4 is 11.4 Å². The first-order valence-electron chi connectivity index (χ1n) is 6.40. The summed E-state index contributed by atoms with van der Waals surface area (Å²) in [5, 5.41) is 21.0. The molecule has 0 aliphatic carbocycles. The molecule has 0 unspecified atom stereocenters. The van der Waals surface area contributed by atoms with E-state index < -0.39 is 12.1 Å². The molecule has 0 aliphatic rings. The van der Waals surface area contributed by atoms with Crippen molar-refractivity contribution in [3.63, 3.8) is 0 Å². The smallest absolute Gasteiger partial charge is 0.406 e. The summed E-state index contributed by atoms with van der Waals surface area (Å²) in [6, 6.07) is 12.2. The molecule has 0 fully saturated rings. The van der Waals surface area contributed by atoms with Crippen molar-refractivity contribution in [1.82, 2.24) is 0 Å². The SMILES string of the molecule is Cc1c(C#N)cccc1Nc1cc(OC(F)(F)F)ccc1C#N. The molecule has 0 heterocycles. The van der Waals surface area contributed by atoms with Gasteiger partial charge in [-0.3, -0.25) is 0 Å². The Bertz CT molecular complexity index is 817. The molecule has 0 aliphatic heterocycles. The number of halogens is 3. The van der Waals surface area contributed by atoms with Gasteiger partial charge in [0.1, 0.15) is 11.8 Å². The third kappa shape index (κ3) is 3.92. The zero-order valence-electron chi connectivity index (χ0n) is 11.9. The average Bonchev–Trinajstić information content (AvgIpc) is 2.48. The molecule has 23 heavy (non-hydrogen) atoms. The van der Waals surface area contributed by atoms with Crippen LogP contribution in [0.15, 0.2) is 36.4 Å². The van der Waals surface area contributed by atoms with Crippen molar-refractivity contribution in [2.45, 2.75) is 13.3 Å². The van der Waals surface area contributed by atoms with Crippen molar-refractivity contribution in [3.8, 4) is 17.9 Å². The van der Waals surface area contributed by atoms with E-state index in [1.165, 1.54) is 6.07 Å². The Hall–Kier alpha value is -3.19. The van der Waals surface area contributed by atoms with Gasteiger partial charge in [0.05, 0.1) is 22.9 Å². The van der Waals surface area contributed by atoms with E-state index in [4.69, 9.17) is 10.5 Å². The molecule has 116 valence electrons. The fraction of sp³-hybridized carbons (Fsp3) is 0.125. The van der Waals surface area contributed by atoms with Crippen LogP contribution in [0, 0.1) is 29.6 Å². The Kier molecular flexibility index (Phi) is 4.42. The molecule has 0 spiro atoms. The van der Waals surface area contributed by atoms with E-state index in [0.717, 1.165) is 12.1 Å². The van der Waals surface area contributed by atoms with Crippen LogP contribution >= 0.6 is 0 Å². The van der Waals surface area contributed by atoms with Crippen LogP contribution in [-0.4, -0.2) is 6.36 Å². The lowest BCUT2D eigenvalue weighted by molar-refractivity contribution is -0.274. The Morgan fingerprint density at radius 1 is 1.00 bits per heavy atom. The number of anilines is 2. The number of hydrogen-bond donors (Lipinski definition) is 1. The Labute approximate surface area is 130 Å².